The molecule has 0 spiro atoms. The van der Waals surface area contributed by atoms with Crippen LogP contribution in [0.15, 0.2) is 65.7 Å². The van der Waals surface area contributed by atoms with Crippen LogP contribution >= 0.6 is 0 Å². The number of aromatic nitrogens is 2. The van der Waals surface area contributed by atoms with E-state index in [0.717, 1.165) is 17.0 Å². The van der Waals surface area contributed by atoms with Crippen molar-refractivity contribution in [1.29, 1.82) is 0 Å². The first-order valence-corrected chi connectivity index (χ1v) is 9.98. The molecular formula is C19H19N3O3S. The molecular weight excluding hydrogens is 350 g/mol. The van der Waals surface area contributed by atoms with E-state index in [-0.39, 0.29) is 4.90 Å². The Morgan fingerprint density at radius 1 is 1.00 bits per heavy atom. The Morgan fingerprint density at radius 3 is 2.31 bits per heavy atom. The first-order chi connectivity index (χ1) is 12.5. The van der Waals surface area contributed by atoms with Gasteiger partial charge in [0.1, 0.15) is 5.75 Å². The second kappa shape index (κ2) is 7.53. The Labute approximate surface area is 152 Å². The quantitative estimate of drug-likeness (QED) is 0.714. The summed E-state index contributed by atoms with van der Waals surface area (Å²) >= 11 is 0. The van der Waals surface area contributed by atoms with Crippen molar-refractivity contribution in [2.45, 2.75) is 11.8 Å². The van der Waals surface area contributed by atoms with Crippen LogP contribution in [0.1, 0.15) is 6.92 Å². The number of hydrogen-bond donors (Lipinski definition) is 1. The molecule has 0 saturated carbocycles. The summed E-state index contributed by atoms with van der Waals surface area (Å²) < 4.78 is 28.5. The number of anilines is 2. The van der Waals surface area contributed by atoms with Crippen molar-refractivity contribution >= 4 is 21.5 Å². The van der Waals surface area contributed by atoms with Crippen LogP contribution in [0, 0.1) is 0 Å². The van der Waals surface area contributed by atoms with Crippen molar-refractivity contribution < 1.29 is 13.2 Å². The fourth-order valence-electron chi connectivity index (χ4n) is 2.38. The predicted molar refractivity (Wildman–Crippen MR) is 101 cm³/mol. The van der Waals surface area contributed by atoms with E-state index < -0.39 is 9.84 Å². The minimum Gasteiger partial charge on any atom is -0.494 e. The van der Waals surface area contributed by atoms with Gasteiger partial charge in [0.25, 0.3) is 0 Å². The first kappa shape index (κ1) is 17.9. The van der Waals surface area contributed by atoms with Crippen molar-refractivity contribution in [2.24, 2.45) is 0 Å². The van der Waals surface area contributed by atoms with E-state index in [9.17, 15) is 8.42 Å². The van der Waals surface area contributed by atoms with Crippen molar-refractivity contribution in [3.8, 4) is 17.0 Å². The summed E-state index contributed by atoms with van der Waals surface area (Å²) in [6.45, 7) is 2.56. The summed E-state index contributed by atoms with van der Waals surface area (Å²) in [6, 6.07) is 15.9. The van der Waals surface area contributed by atoms with E-state index >= 15 is 0 Å². The van der Waals surface area contributed by atoms with Crippen LogP contribution in [0.3, 0.4) is 0 Å². The minimum atomic E-state index is -3.21. The molecule has 6 nitrogen and oxygen atoms in total. The molecule has 0 amide bonds. The van der Waals surface area contributed by atoms with Gasteiger partial charge in [-0.15, -0.1) is 0 Å². The molecule has 3 rings (SSSR count). The number of sulfone groups is 1. The highest BCUT2D eigenvalue weighted by atomic mass is 32.2. The van der Waals surface area contributed by atoms with E-state index in [0.29, 0.717) is 18.2 Å². The van der Waals surface area contributed by atoms with Gasteiger partial charge in [-0.1, -0.05) is 12.1 Å². The molecule has 0 aliphatic rings. The average Bonchev–Trinajstić information content (AvgIpc) is 2.63. The Bertz CT molecular complexity index is 985. The molecule has 0 aliphatic heterocycles. The Balaban J connectivity index is 1.79. The summed E-state index contributed by atoms with van der Waals surface area (Å²) in [5.41, 5.74) is 2.36. The molecule has 134 valence electrons. The van der Waals surface area contributed by atoms with Gasteiger partial charge in [0.15, 0.2) is 9.84 Å². The van der Waals surface area contributed by atoms with Gasteiger partial charge in [-0.2, -0.15) is 0 Å². The third-order valence-corrected chi connectivity index (χ3v) is 4.78. The van der Waals surface area contributed by atoms with Crippen molar-refractivity contribution in [2.75, 3.05) is 18.2 Å². The number of hydrogen-bond acceptors (Lipinski definition) is 6. The highest BCUT2D eigenvalue weighted by molar-refractivity contribution is 7.90. The van der Waals surface area contributed by atoms with Gasteiger partial charge in [0.05, 0.1) is 17.2 Å². The Morgan fingerprint density at radius 2 is 1.69 bits per heavy atom. The fraction of sp³-hybridized carbons (Fsp3) is 0.158. The van der Waals surface area contributed by atoms with Gasteiger partial charge in [0, 0.05) is 23.7 Å². The lowest BCUT2D eigenvalue weighted by Crippen LogP contribution is -1.99. The Kier molecular flexibility index (Phi) is 5.18. The SMILES string of the molecule is CCOc1ccc(Nc2nccc(-c3ccc(S(C)(=O)=O)cc3)n2)cc1. The normalized spacial score (nSPS) is 11.2. The van der Waals surface area contributed by atoms with Gasteiger partial charge in [0.2, 0.25) is 5.95 Å². The number of ether oxygens (including phenoxy) is 1. The van der Waals surface area contributed by atoms with Crippen LogP contribution in [0.25, 0.3) is 11.3 Å². The lowest BCUT2D eigenvalue weighted by Gasteiger charge is -2.08. The molecule has 1 aromatic heterocycles. The molecule has 1 heterocycles. The number of rotatable bonds is 6. The summed E-state index contributed by atoms with van der Waals surface area (Å²) in [4.78, 5) is 8.99. The molecule has 0 saturated heterocycles. The van der Waals surface area contributed by atoms with Crippen LogP contribution in [-0.4, -0.2) is 31.2 Å². The molecule has 0 fully saturated rings. The summed E-state index contributed by atoms with van der Waals surface area (Å²) in [7, 11) is -3.21. The van der Waals surface area contributed by atoms with Gasteiger partial charge in [-0.05, 0) is 49.4 Å². The highest BCUT2D eigenvalue weighted by Crippen LogP contribution is 2.22. The third-order valence-electron chi connectivity index (χ3n) is 3.66. The molecule has 26 heavy (non-hydrogen) atoms. The van der Waals surface area contributed by atoms with Gasteiger partial charge in [-0.3, -0.25) is 0 Å². The average molecular weight is 369 g/mol. The maximum absolute atomic E-state index is 11.6. The largest absolute Gasteiger partial charge is 0.494 e. The van der Waals surface area contributed by atoms with Gasteiger partial charge < -0.3 is 10.1 Å². The van der Waals surface area contributed by atoms with Gasteiger partial charge >= 0.3 is 0 Å². The number of nitrogens with zero attached hydrogens (tertiary/aromatic N) is 2. The molecule has 2 aromatic carbocycles. The minimum absolute atomic E-state index is 0.281. The Hall–Kier alpha value is -2.93. The summed E-state index contributed by atoms with van der Waals surface area (Å²) in [5, 5.41) is 3.15. The number of nitrogens with one attached hydrogen (secondary N) is 1. The van der Waals surface area contributed by atoms with Crippen molar-refractivity contribution in [3.05, 3.63) is 60.8 Å². The molecule has 0 aliphatic carbocycles. The van der Waals surface area contributed by atoms with E-state index in [1.165, 1.54) is 6.26 Å². The van der Waals surface area contributed by atoms with Crippen LogP contribution in [0.4, 0.5) is 11.6 Å². The molecule has 0 bridgehead atoms. The molecule has 0 atom stereocenters. The maximum Gasteiger partial charge on any atom is 0.227 e. The first-order valence-electron chi connectivity index (χ1n) is 8.09. The standard InChI is InChI=1S/C19H19N3O3S/c1-3-25-16-8-6-15(7-9-16)21-19-20-13-12-18(22-19)14-4-10-17(11-5-14)26(2,23)24/h4-13H,3H2,1-2H3,(H,20,21,22). The fourth-order valence-corrected chi connectivity index (χ4v) is 3.01. The zero-order valence-corrected chi connectivity index (χ0v) is 15.3. The smallest absolute Gasteiger partial charge is 0.227 e. The zero-order valence-electron chi connectivity index (χ0n) is 14.5. The lowest BCUT2D eigenvalue weighted by molar-refractivity contribution is 0.340. The monoisotopic (exact) mass is 369 g/mol. The number of benzene rings is 2. The second-order valence-corrected chi connectivity index (χ2v) is 7.66. The zero-order chi connectivity index (χ0) is 18.6. The van der Waals surface area contributed by atoms with Crippen LogP contribution in [0.2, 0.25) is 0 Å². The lowest BCUT2D eigenvalue weighted by atomic mass is 10.1. The third kappa shape index (κ3) is 4.37. The van der Waals surface area contributed by atoms with E-state index in [1.54, 1.807) is 36.5 Å². The molecule has 1 N–H and O–H groups in total. The molecule has 0 radical (unpaired) electrons. The van der Waals surface area contributed by atoms with E-state index in [1.807, 2.05) is 31.2 Å². The predicted octanol–water partition coefficient (Wildman–Crippen LogP) is 3.69. The van der Waals surface area contributed by atoms with Gasteiger partial charge in [-0.25, -0.2) is 18.4 Å². The molecule has 0 unspecified atom stereocenters. The maximum atomic E-state index is 11.6. The van der Waals surface area contributed by atoms with Crippen molar-refractivity contribution in [3.63, 3.8) is 0 Å². The van der Waals surface area contributed by atoms with Crippen LogP contribution < -0.4 is 10.1 Å². The second-order valence-electron chi connectivity index (χ2n) is 5.64. The van der Waals surface area contributed by atoms with Crippen LogP contribution in [0.5, 0.6) is 5.75 Å². The molecule has 3 aromatic rings. The van der Waals surface area contributed by atoms with Crippen LogP contribution in [-0.2, 0) is 9.84 Å². The van der Waals surface area contributed by atoms with Crippen molar-refractivity contribution in [1.82, 2.24) is 9.97 Å². The summed E-state index contributed by atoms with van der Waals surface area (Å²) in [6.07, 6.45) is 2.84. The molecule has 7 heteroatoms. The highest BCUT2D eigenvalue weighted by Gasteiger charge is 2.08. The summed E-state index contributed by atoms with van der Waals surface area (Å²) in [5.74, 6) is 1.26. The van der Waals surface area contributed by atoms with E-state index in [4.69, 9.17) is 4.74 Å². The topological polar surface area (TPSA) is 81.2 Å². The van der Waals surface area contributed by atoms with E-state index in [2.05, 4.69) is 15.3 Å².